The summed E-state index contributed by atoms with van der Waals surface area (Å²) in [4.78, 5) is 41.2. The van der Waals surface area contributed by atoms with Crippen LogP contribution >= 0.6 is 0 Å². The van der Waals surface area contributed by atoms with E-state index in [1.165, 1.54) is 23.0 Å². The van der Waals surface area contributed by atoms with Crippen LogP contribution in [0.5, 0.6) is 0 Å². The van der Waals surface area contributed by atoms with Crippen LogP contribution in [0.15, 0.2) is 43.0 Å². The molecule has 4 rings (SSSR count). The number of carbonyl (C=O) groups excluding carboxylic acids is 2. The Kier molecular flexibility index (Phi) is 12.1. The number of halogens is 5. The molecule has 2 amide bonds. The van der Waals surface area contributed by atoms with Crippen LogP contribution in [0.25, 0.3) is 16.9 Å². The van der Waals surface area contributed by atoms with Crippen molar-refractivity contribution in [2.45, 2.75) is 51.9 Å². The third-order valence-corrected chi connectivity index (χ3v) is 6.40. The number of hydrogen-bond donors (Lipinski definition) is 5. The number of alkyl halides is 5. The van der Waals surface area contributed by atoms with Crippen molar-refractivity contribution < 1.29 is 41.4 Å². The fraction of sp³-hybridized carbons (Fsp3) is 0.357. The number of carboxylic acid groups (broad SMARTS) is 1. The normalized spacial score (nSPS) is 11.9. The van der Waals surface area contributed by atoms with Gasteiger partial charge in [-0.25, -0.2) is 18.7 Å². The molecule has 46 heavy (non-hydrogen) atoms. The Morgan fingerprint density at radius 3 is 2.48 bits per heavy atom. The predicted molar refractivity (Wildman–Crippen MR) is 157 cm³/mol. The zero-order chi connectivity index (χ0) is 34.0. The van der Waals surface area contributed by atoms with Gasteiger partial charge in [-0.1, -0.05) is 6.92 Å². The van der Waals surface area contributed by atoms with E-state index >= 15 is 0 Å². The van der Waals surface area contributed by atoms with Crippen molar-refractivity contribution in [2.75, 3.05) is 18.4 Å². The van der Waals surface area contributed by atoms with E-state index in [4.69, 9.17) is 15.6 Å². The first kappa shape index (κ1) is 35.4. The first-order valence-electron chi connectivity index (χ1n) is 13.8. The Balaban J connectivity index is 0.00000185. The standard InChI is InChI=1S/C27H30F5N9O2.CH2O2/c1-3-16-11-17(5-6-18(16)26(43)36-8-4-7-35-25(42)15(2)33)38-23-24-37-12-20(41(24)10-9-34-23)19-13-40(14-21(28)29)39-22(19)27(30,31)32;2-1-3/h5-6,9-13,15,21H,3-4,7-8,14,33H2,1-2H3,(H,34,38)(H,35,42)(H,36,43);1H,(H,2,3)/t15-;/m0./s1. The molecule has 1 atom stereocenters. The quantitative estimate of drug-likeness (QED) is 0.0869. The number of nitrogens with zero attached hydrogens (tertiary/aromatic N) is 5. The van der Waals surface area contributed by atoms with Crippen LogP contribution in [0.3, 0.4) is 0 Å². The Labute approximate surface area is 259 Å². The van der Waals surface area contributed by atoms with Crippen LogP contribution < -0.4 is 21.7 Å². The number of nitrogens with one attached hydrogen (secondary N) is 3. The monoisotopic (exact) mass is 653 g/mol. The van der Waals surface area contributed by atoms with Crippen LogP contribution in [-0.2, 0) is 28.7 Å². The average molecular weight is 654 g/mol. The molecule has 248 valence electrons. The van der Waals surface area contributed by atoms with Gasteiger partial charge in [0, 0.05) is 42.9 Å². The molecule has 3 aromatic heterocycles. The molecular weight excluding hydrogens is 621 g/mol. The third-order valence-electron chi connectivity index (χ3n) is 6.40. The average Bonchev–Trinajstić information content (AvgIpc) is 3.61. The zero-order valence-corrected chi connectivity index (χ0v) is 24.7. The van der Waals surface area contributed by atoms with Gasteiger partial charge in [-0.2, -0.15) is 18.3 Å². The van der Waals surface area contributed by atoms with Crippen LogP contribution in [0.4, 0.5) is 33.5 Å². The highest BCUT2D eigenvalue weighted by atomic mass is 19.4. The molecule has 13 nitrogen and oxygen atoms in total. The number of aryl methyl sites for hydroxylation is 1. The maximum Gasteiger partial charge on any atom is 0.435 e. The zero-order valence-electron chi connectivity index (χ0n) is 24.7. The predicted octanol–water partition coefficient (Wildman–Crippen LogP) is 3.47. The third kappa shape index (κ3) is 8.96. The minimum Gasteiger partial charge on any atom is -0.483 e. The SMILES string of the molecule is CCc1cc(Nc2nccn3c(-c4cn(CC(F)F)nc4C(F)(F)F)cnc23)ccc1C(=O)NCCCNC(=O)[C@H](C)N.O=CO. The number of rotatable bonds is 12. The molecule has 0 saturated heterocycles. The fourth-order valence-corrected chi connectivity index (χ4v) is 4.34. The summed E-state index contributed by atoms with van der Waals surface area (Å²) in [5.41, 5.74) is 5.70. The van der Waals surface area contributed by atoms with E-state index in [0.29, 0.717) is 41.9 Å². The van der Waals surface area contributed by atoms with Crippen molar-refractivity contribution >= 4 is 35.4 Å². The lowest BCUT2D eigenvalue weighted by molar-refractivity contribution is -0.141. The smallest absolute Gasteiger partial charge is 0.435 e. The fourth-order valence-electron chi connectivity index (χ4n) is 4.34. The molecule has 0 radical (unpaired) electrons. The molecule has 4 aromatic rings. The number of nitrogens with two attached hydrogens (primary N) is 1. The van der Waals surface area contributed by atoms with Gasteiger partial charge in [0.2, 0.25) is 5.91 Å². The van der Waals surface area contributed by atoms with E-state index in [1.54, 1.807) is 25.1 Å². The highest BCUT2D eigenvalue weighted by molar-refractivity contribution is 5.96. The second-order valence-corrected chi connectivity index (χ2v) is 9.76. The Morgan fingerprint density at radius 1 is 1.15 bits per heavy atom. The summed E-state index contributed by atoms with van der Waals surface area (Å²) in [5, 5.41) is 18.8. The summed E-state index contributed by atoms with van der Waals surface area (Å²) in [6, 6.07) is 4.43. The minimum atomic E-state index is -4.88. The lowest BCUT2D eigenvalue weighted by Gasteiger charge is -2.13. The number of benzene rings is 1. The number of aromatic nitrogens is 5. The van der Waals surface area contributed by atoms with Crippen molar-refractivity contribution in [3.8, 4) is 11.3 Å². The summed E-state index contributed by atoms with van der Waals surface area (Å²) in [6.07, 6.45) is -1.86. The van der Waals surface area contributed by atoms with Gasteiger partial charge in [-0.05, 0) is 43.5 Å². The number of amides is 2. The first-order valence-corrected chi connectivity index (χ1v) is 13.8. The lowest BCUT2D eigenvalue weighted by Crippen LogP contribution is -2.39. The van der Waals surface area contributed by atoms with Gasteiger partial charge in [0.25, 0.3) is 18.8 Å². The number of fused-ring (bicyclic) bond motifs is 1. The topological polar surface area (TPSA) is 182 Å². The molecule has 0 spiro atoms. The van der Waals surface area contributed by atoms with E-state index in [1.807, 2.05) is 6.92 Å². The molecule has 0 unspecified atom stereocenters. The Morgan fingerprint density at radius 2 is 1.85 bits per heavy atom. The van der Waals surface area contributed by atoms with Crippen molar-refractivity contribution in [3.63, 3.8) is 0 Å². The van der Waals surface area contributed by atoms with Gasteiger partial charge in [-0.15, -0.1) is 0 Å². The van der Waals surface area contributed by atoms with E-state index in [9.17, 15) is 31.5 Å². The number of hydrogen-bond acceptors (Lipinski definition) is 8. The van der Waals surface area contributed by atoms with Gasteiger partial charge in [0.15, 0.2) is 17.2 Å². The maximum absolute atomic E-state index is 13.7. The number of carbonyl (C=O) groups is 3. The van der Waals surface area contributed by atoms with Crippen molar-refractivity contribution in [2.24, 2.45) is 5.73 Å². The first-order chi connectivity index (χ1) is 21.8. The van der Waals surface area contributed by atoms with E-state index < -0.39 is 36.4 Å². The molecule has 18 heteroatoms. The minimum absolute atomic E-state index is 0.00772. The van der Waals surface area contributed by atoms with Crippen molar-refractivity contribution in [1.29, 1.82) is 0 Å². The molecule has 6 N–H and O–H groups in total. The second kappa shape index (κ2) is 15.7. The van der Waals surface area contributed by atoms with Gasteiger partial charge >= 0.3 is 6.18 Å². The summed E-state index contributed by atoms with van der Waals surface area (Å²) >= 11 is 0. The molecule has 0 aliphatic carbocycles. The maximum atomic E-state index is 13.7. The summed E-state index contributed by atoms with van der Waals surface area (Å²) in [7, 11) is 0. The molecule has 0 fully saturated rings. The van der Waals surface area contributed by atoms with Gasteiger partial charge in [0.1, 0.15) is 6.54 Å². The molecule has 3 heterocycles. The van der Waals surface area contributed by atoms with E-state index in [-0.39, 0.29) is 35.4 Å². The number of imidazole rings is 1. The highest BCUT2D eigenvalue weighted by Gasteiger charge is 2.38. The van der Waals surface area contributed by atoms with Crippen LogP contribution in [0.1, 0.15) is 41.9 Å². The largest absolute Gasteiger partial charge is 0.483 e. The number of anilines is 2. The van der Waals surface area contributed by atoms with Gasteiger partial charge in [0.05, 0.1) is 23.5 Å². The van der Waals surface area contributed by atoms with E-state index in [2.05, 4.69) is 31.0 Å². The second-order valence-electron chi connectivity index (χ2n) is 9.76. The van der Waals surface area contributed by atoms with E-state index in [0.717, 1.165) is 11.8 Å². The summed E-state index contributed by atoms with van der Waals surface area (Å²) in [5.74, 6) is -0.338. The van der Waals surface area contributed by atoms with Crippen LogP contribution in [-0.4, -0.2) is 73.1 Å². The Hall–Kier alpha value is -5.13. The van der Waals surface area contributed by atoms with Crippen LogP contribution in [0.2, 0.25) is 0 Å². The molecule has 0 bridgehead atoms. The molecule has 0 aliphatic heterocycles. The lowest BCUT2D eigenvalue weighted by atomic mass is 10.0. The molecule has 1 aromatic carbocycles. The highest BCUT2D eigenvalue weighted by Crippen LogP contribution is 2.37. The summed E-state index contributed by atoms with van der Waals surface area (Å²) < 4.78 is 68.8. The molecule has 0 saturated carbocycles. The van der Waals surface area contributed by atoms with Crippen LogP contribution in [0, 0.1) is 0 Å². The van der Waals surface area contributed by atoms with Crippen molar-refractivity contribution in [3.05, 3.63) is 59.8 Å². The summed E-state index contributed by atoms with van der Waals surface area (Å²) in [6.45, 7) is 2.93. The van der Waals surface area contributed by atoms with Gasteiger partial charge in [-0.3, -0.25) is 23.5 Å². The van der Waals surface area contributed by atoms with Gasteiger partial charge < -0.3 is 26.8 Å². The molecular formula is C28H32F5N9O4. The van der Waals surface area contributed by atoms with Crippen molar-refractivity contribution in [1.82, 2.24) is 34.8 Å². The molecule has 0 aliphatic rings. The Bertz CT molecular complexity index is 1650.